The zero-order valence-electron chi connectivity index (χ0n) is 8.58. The van der Waals surface area contributed by atoms with Crippen LogP contribution in [0.5, 0.6) is 0 Å². The lowest BCUT2D eigenvalue weighted by atomic mass is 9.92. The van der Waals surface area contributed by atoms with E-state index in [2.05, 4.69) is 32.7 Å². The summed E-state index contributed by atoms with van der Waals surface area (Å²) in [7, 11) is 0. The standard InChI is InChI=1S/C11H16BrNOS/c12-8-5-9(15-7-8)6-13-10-3-1-2-4-11(10)14/h5,7,10-11,13-14H,1-4,6H2/t10-,11-/m0/s1. The largest absolute Gasteiger partial charge is 0.392 e. The fraction of sp³-hybridized carbons (Fsp3) is 0.636. The van der Waals surface area contributed by atoms with Gasteiger partial charge in [0, 0.05) is 27.3 Å². The Labute approximate surface area is 103 Å². The van der Waals surface area contributed by atoms with E-state index < -0.39 is 0 Å². The Morgan fingerprint density at radius 2 is 2.27 bits per heavy atom. The fourth-order valence-electron chi connectivity index (χ4n) is 2.03. The zero-order chi connectivity index (χ0) is 10.7. The zero-order valence-corrected chi connectivity index (χ0v) is 11.0. The molecule has 15 heavy (non-hydrogen) atoms. The first-order valence-electron chi connectivity index (χ1n) is 5.40. The van der Waals surface area contributed by atoms with Gasteiger partial charge in [0.05, 0.1) is 6.10 Å². The lowest BCUT2D eigenvalue weighted by molar-refractivity contribution is 0.0904. The number of nitrogens with one attached hydrogen (secondary N) is 1. The quantitative estimate of drug-likeness (QED) is 0.897. The Hall–Kier alpha value is 0.1000. The molecular formula is C11H16BrNOS. The maximum Gasteiger partial charge on any atom is 0.0693 e. The van der Waals surface area contributed by atoms with Gasteiger partial charge < -0.3 is 10.4 Å². The monoisotopic (exact) mass is 289 g/mol. The molecule has 1 aliphatic carbocycles. The van der Waals surface area contributed by atoms with Crippen molar-refractivity contribution in [3.05, 3.63) is 20.8 Å². The second-order valence-electron chi connectivity index (χ2n) is 4.07. The minimum atomic E-state index is -0.151. The first-order valence-corrected chi connectivity index (χ1v) is 7.07. The van der Waals surface area contributed by atoms with E-state index in [-0.39, 0.29) is 6.10 Å². The lowest BCUT2D eigenvalue weighted by Crippen LogP contribution is -2.41. The van der Waals surface area contributed by atoms with E-state index >= 15 is 0 Å². The van der Waals surface area contributed by atoms with Crippen LogP contribution in [0.1, 0.15) is 30.6 Å². The molecule has 1 fully saturated rings. The van der Waals surface area contributed by atoms with Crippen molar-refractivity contribution < 1.29 is 5.11 Å². The average Bonchev–Trinajstić information content (AvgIpc) is 2.63. The summed E-state index contributed by atoms with van der Waals surface area (Å²) < 4.78 is 1.15. The highest BCUT2D eigenvalue weighted by Gasteiger charge is 2.22. The molecule has 0 saturated heterocycles. The topological polar surface area (TPSA) is 32.3 Å². The Kier molecular flexibility index (Phi) is 4.20. The number of halogens is 1. The third-order valence-electron chi connectivity index (χ3n) is 2.89. The smallest absolute Gasteiger partial charge is 0.0693 e. The molecule has 0 aromatic carbocycles. The summed E-state index contributed by atoms with van der Waals surface area (Å²) in [4.78, 5) is 1.32. The molecule has 2 rings (SSSR count). The van der Waals surface area contributed by atoms with Gasteiger partial charge in [-0.25, -0.2) is 0 Å². The van der Waals surface area contributed by atoms with Crippen molar-refractivity contribution in [2.75, 3.05) is 0 Å². The summed E-state index contributed by atoms with van der Waals surface area (Å²) in [5.41, 5.74) is 0. The number of hydrogen-bond acceptors (Lipinski definition) is 3. The Balaban J connectivity index is 1.81. The van der Waals surface area contributed by atoms with Crippen LogP contribution in [0.4, 0.5) is 0 Å². The minimum Gasteiger partial charge on any atom is -0.392 e. The molecule has 2 N–H and O–H groups in total. The van der Waals surface area contributed by atoms with E-state index in [1.807, 2.05) is 0 Å². The summed E-state index contributed by atoms with van der Waals surface area (Å²) in [6.45, 7) is 0.873. The maximum absolute atomic E-state index is 9.78. The molecule has 1 saturated carbocycles. The summed E-state index contributed by atoms with van der Waals surface area (Å²) >= 11 is 5.19. The van der Waals surface area contributed by atoms with E-state index in [0.717, 1.165) is 23.9 Å². The maximum atomic E-state index is 9.78. The van der Waals surface area contributed by atoms with Crippen LogP contribution in [0.15, 0.2) is 15.9 Å². The van der Waals surface area contributed by atoms with Crippen LogP contribution in [0.3, 0.4) is 0 Å². The van der Waals surface area contributed by atoms with Crippen molar-refractivity contribution >= 4 is 27.3 Å². The molecule has 84 valence electrons. The van der Waals surface area contributed by atoms with Crippen molar-refractivity contribution in [1.82, 2.24) is 5.32 Å². The van der Waals surface area contributed by atoms with Crippen molar-refractivity contribution in [3.8, 4) is 0 Å². The van der Waals surface area contributed by atoms with Crippen LogP contribution in [0.25, 0.3) is 0 Å². The number of hydrogen-bond donors (Lipinski definition) is 2. The van der Waals surface area contributed by atoms with Gasteiger partial charge in [-0.05, 0) is 34.8 Å². The Morgan fingerprint density at radius 1 is 1.47 bits per heavy atom. The Bertz CT molecular complexity index is 315. The molecule has 1 aliphatic rings. The first kappa shape index (κ1) is 11.6. The van der Waals surface area contributed by atoms with E-state index in [0.29, 0.717) is 6.04 Å². The summed E-state index contributed by atoms with van der Waals surface area (Å²) in [6.07, 6.45) is 4.31. The Morgan fingerprint density at radius 3 is 2.93 bits per heavy atom. The van der Waals surface area contributed by atoms with Gasteiger partial charge >= 0.3 is 0 Å². The fourth-order valence-corrected chi connectivity index (χ4v) is 3.43. The highest BCUT2D eigenvalue weighted by Crippen LogP contribution is 2.22. The molecule has 0 bridgehead atoms. The molecule has 4 heteroatoms. The molecule has 0 radical (unpaired) electrons. The summed E-state index contributed by atoms with van der Waals surface area (Å²) in [5.74, 6) is 0. The van der Waals surface area contributed by atoms with E-state index in [9.17, 15) is 5.11 Å². The third-order valence-corrected chi connectivity index (χ3v) is 4.59. The van der Waals surface area contributed by atoms with Gasteiger partial charge in [-0.15, -0.1) is 11.3 Å². The van der Waals surface area contributed by atoms with Crippen molar-refractivity contribution in [1.29, 1.82) is 0 Å². The van der Waals surface area contributed by atoms with Crippen LogP contribution in [-0.2, 0) is 6.54 Å². The molecule has 2 nitrogen and oxygen atoms in total. The normalized spacial score (nSPS) is 26.8. The number of rotatable bonds is 3. The molecule has 0 aliphatic heterocycles. The van der Waals surface area contributed by atoms with E-state index in [1.165, 1.54) is 17.7 Å². The molecule has 0 amide bonds. The third kappa shape index (κ3) is 3.28. The van der Waals surface area contributed by atoms with Crippen LogP contribution in [0.2, 0.25) is 0 Å². The highest BCUT2D eigenvalue weighted by molar-refractivity contribution is 9.10. The SMILES string of the molecule is O[C@H]1CCCC[C@@H]1NCc1cc(Br)cs1. The van der Waals surface area contributed by atoms with Crippen molar-refractivity contribution in [3.63, 3.8) is 0 Å². The van der Waals surface area contributed by atoms with Crippen LogP contribution < -0.4 is 5.32 Å². The van der Waals surface area contributed by atoms with Crippen molar-refractivity contribution in [2.45, 2.75) is 44.4 Å². The van der Waals surface area contributed by atoms with Gasteiger partial charge in [0.2, 0.25) is 0 Å². The van der Waals surface area contributed by atoms with E-state index in [4.69, 9.17) is 0 Å². The molecule has 1 heterocycles. The van der Waals surface area contributed by atoms with Crippen LogP contribution in [0, 0.1) is 0 Å². The van der Waals surface area contributed by atoms with Crippen LogP contribution >= 0.6 is 27.3 Å². The van der Waals surface area contributed by atoms with Gasteiger partial charge in [-0.2, -0.15) is 0 Å². The minimum absolute atomic E-state index is 0.151. The van der Waals surface area contributed by atoms with Gasteiger partial charge in [-0.1, -0.05) is 12.8 Å². The number of aliphatic hydroxyl groups is 1. The van der Waals surface area contributed by atoms with Gasteiger partial charge in [0.1, 0.15) is 0 Å². The molecular weight excluding hydrogens is 274 g/mol. The molecule has 1 aromatic rings. The average molecular weight is 290 g/mol. The second-order valence-corrected chi connectivity index (χ2v) is 5.98. The number of thiophene rings is 1. The molecule has 0 spiro atoms. The molecule has 2 atom stereocenters. The lowest BCUT2D eigenvalue weighted by Gasteiger charge is -2.28. The van der Waals surface area contributed by atoms with Crippen LogP contribution in [-0.4, -0.2) is 17.3 Å². The highest BCUT2D eigenvalue weighted by atomic mass is 79.9. The van der Waals surface area contributed by atoms with E-state index in [1.54, 1.807) is 11.3 Å². The predicted octanol–water partition coefficient (Wildman–Crippen LogP) is 2.90. The summed E-state index contributed by atoms with van der Waals surface area (Å²) in [5, 5.41) is 15.3. The van der Waals surface area contributed by atoms with Crippen molar-refractivity contribution in [2.24, 2.45) is 0 Å². The number of aliphatic hydroxyl groups excluding tert-OH is 1. The molecule has 0 unspecified atom stereocenters. The second kappa shape index (κ2) is 5.43. The summed E-state index contributed by atoms with van der Waals surface area (Å²) in [6, 6.07) is 2.42. The van der Waals surface area contributed by atoms with Gasteiger partial charge in [-0.3, -0.25) is 0 Å². The first-order chi connectivity index (χ1) is 7.25. The van der Waals surface area contributed by atoms with Gasteiger partial charge in [0.15, 0.2) is 0 Å². The predicted molar refractivity (Wildman–Crippen MR) is 67.1 cm³/mol. The van der Waals surface area contributed by atoms with Gasteiger partial charge in [0.25, 0.3) is 0 Å². The molecule has 1 aromatic heterocycles.